The minimum absolute atomic E-state index is 0.0132. The van der Waals surface area contributed by atoms with Crippen LogP contribution in [0.25, 0.3) is 4.96 Å². The van der Waals surface area contributed by atoms with Gasteiger partial charge in [-0.2, -0.15) is 0 Å². The first-order valence-corrected chi connectivity index (χ1v) is 8.24. The van der Waals surface area contributed by atoms with Crippen LogP contribution >= 0.6 is 11.3 Å². The van der Waals surface area contributed by atoms with Crippen molar-refractivity contribution in [2.75, 3.05) is 6.54 Å². The Labute approximate surface area is 142 Å². The summed E-state index contributed by atoms with van der Waals surface area (Å²) in [5, 5.41) is 13.1. The summed E-state index contributed by atoms with van der Waals surface area (Å²) in [7, 11) is 0. The van der Waals surface area contributed by atoms with E-state index < -0.39 is 17.1 Å². The van der Waals surface area contributed by atoms with E-state index in [2.05, 4.69) is 10.3 Å². The Balaban J connectivity index is 1.80. The number of aliphatic hydroxyl groups is 1. The largest absolute Gasteiger partial charge is 0.384 e. The van der Waals surface area contributed by atoms with Gasteiger partial charge in [0.1, 0.15) is 11.2 Å². The molecule has 0 spiro atoms. The third-order valence-electron chi connectivity index (χ3n) is 3.76. The van der Waals surface area contributed by atoms with Crippen molar-refractivity contribution in [1.82, 2.24) is 14.7 Å². The number of amides is 1. The molecule has 0 aliphatic rings. The molecule has 124 valence electrons. The van der Waals surface area contributed by atoms with E-state index in [1.54, 1.807) is 25.3 Å². The van der Waals surface area contributed by atoms with E-state index in [0.29, 0.717) is 10.5 Å². The highest BCUT2D eigenvalue weighted by Crippen LogP contribution is 2.19. The van der Waals surface area contributed by atoms with Crippen LogP contribution in [0, 0.1) is 6.92 Å². The third-order valence-corrected chi connectivity index (χ3v) is 4.67. The van der Waals surface area contributed by atoms with Crippen molar-refractivity contribution in [1.29, 1.82) is 0 Å². The first kappa shape index (κ1) is 16.4. The monoisotopic (exact) mass is 343 g/mol. The Morgan fingerprint density at radius 2 is 2.08 bits per heavy atom. The molecule has 1 aromatic carbocycles. The van der Waals surface area contributed by atoms with Gasteiger partial charge in [0.15, 0.2) is 4.96 Å². The molecule has 3 rings (SSSR count). The van der Waals surface area contributed by atoms with Crippen molar-refractivity contribution >= 4 is 22.2 Å². The quantitative estimate of drug-likeness (QED) is 0.755. The summed E-state index contributed by atoms with van der Waals surface area (Å²) < 4.78 is 1.37. The molecule has 0 radical (unpaired) electrons. The summed E-state index contributed by atoms with van der Waals surface area (Å²) in [4.78, 5) is 30.3. The average Bonchev–Trinajstić information content (AvgIpc) is 2.95. The van der Waals surface area contributed by atoms with Crippen LogP contribution in [0.4, 0.5) is 0 Å². The van der Waals surface area contributed by atoms with Gasteiger partial charge in [0.2, 0.25) is 0 Å². The van der Waals surface area contributed by atoms with E-state index in [-0.39, 0.29) is 12.1 Å². The minimum atomic E-state index is -1.23. The number of fused-ring (bicyclic) bond motifs is 1. The number of aryl methyl sites for hydroxylation is 1. The summed E-state index contributed by atoms with van der Waals surface area (Å²) in [5.41, 5.74) is -1.01. The van der Waals surface area contributed by atoms with Gasteiger partial charge < -0.3 is 10.4 Å². The Morgan fingerprint density at radius 1 is 1.38 bits per heavy atom. The molecule has 1 unspecified atom stereocenters. The van der Waals surface area contributed by atoms with Gasteiger partial charge in [-0.3, -0.25) is 14.0 Å². The van der Waals surface area contributed by atoms with Gasteiger partial charge in [0.25, 0.3) is 11.5 Å². The maximum atomic E-state index is 12.4. The number of rotatable bonds is 4. The molecule has 7 heteroatoms. The molecule has 1 amide bonds. The van der Waals surface area contributed by atoms with E-state index in [0.717, 1.165) is 4.88 Å². The number of carbonyl (C=O) groups is 1. The highest BCUT2D eigenvalue weighted by molar-refractivity contribution is 7.16. The Hall–Kier alpha value is -2.51. The van der Waals surface area contributed by atoms with E-state index in [1.165, 1.54) is 21.9 Å². The SMILES string of the molecule is Cc1cn2c(=O)c(C(=O)NCC(C)(O)c3ccccc3)cnc2s1. The van der Waals surface area contributed by atoms with E-state index in [1.807, 2.05) is 25.1 Å². The number of thiazole rings is 1. The third kappa shape index (κ3) is 3.08. The summed E-state index contributed by atoms with van der Waals surface area (Å²) in [5.74, 6) is -0.554. The maximum absolute atomic E-state index is 12.4. The average molecular weight is 343 g/mol. The van der Waals surface area contributed by atoms with E-state index in [4.69, 9.17) is 0 Å². The van der Waals surface area contributed by atoms with Crippen molar-refractivity contribution in [3.05, 3.63) is 69.1 Å². The molecule has 0 fully saturated rings. The van der Waals surface area contributed by atoms with Crippen LogP contribution in [0.15, 0.2) is 47.5 Å². The van der Waals surface area contributed by atoms with Gasteiger partial charge in [-0.25, -0.2) is 4.98 Å². The van der Waals surface area contributed by atoms with E-state index >= 15 is 0 Å². The molecule has 3 aromatic rings. The summed E-state index contributed by atoms with van der Waals surface area (Å²) >= 11 is 1.38. The highest BCUT2D eigenvalue weighted by Gasteiger charge is 2.24. The topological polar surface area (TPSA) is 83.7 Å². The molecule has 2 N–H and O–H groups in total. The zero-order chi connectivity index (χ0) is 17.3. The van der Waals surface area contributed by atoms with Crippen molar-refractivity contribution in [3.63, 3.8) is 0 Å². The second-order valence-corrected chi connectivity index (χ2v) is 7.01. The summed E-state index contributed by atoms with van der Waals surface area (Å²) in [6.07, 6.45) is 2.94. The lowest BCUT2D eigenvalue weighted by Crippen LogP contribution is -2.40. The number of benzene rings is 1. The Kier molecular flexibility index (Phi) is 4.21. The standard InChI is InChI=1S/C17H17N3O3S/c1-11-9-20-15(22)13(8-18-16(20)24-11)14(21)19-10-17(2,23)12-6-4-3-5-7-12/h3-9,23H,10H2,1-2H3,(H,19,21). The van der Waals surface area contributed by atoms with Crippen LogP contribution in [0.1, 0.15) is 27.7 Å². The molecule has 2 heterocycles. The highest BCUT2D eigenvalue weighted by atomic mass is 32.1. The molecule has 6 nitrogen and oxygen atoms in total. The minimum Gasteiger partial charge on any atom is -0.384 e. The van der Waals surface area contributed by atoms with Crippen LogP contribution in [0.2, 0.25) is 0 Å². The Morgan fingerprint density at radius 3 is 2.79 bits per heavy atom. The van der Waals surface area contributed by atoms with Gasteiger partial charge in [-0.05, 0) is 19.4 Å². The summed E-state index contributed by atoms with van der Waals surface area (Å²) in [6.45, 7) is 3.47. The van der Waals surface area contributed by atoms with Crippen molar-refractivity contribution in [2.24, 2.45) is 0 Å². The maximum Gasteiger partial charge on any atom is 0.271 e. The number of hydrogen-bond acceptors (Lipinski definition) is 5. The fourth-order valence-electron chi connectivity index (χ4n) is 2.40. The van der Waals surface area contributed by atoms with Crippen molar-refractivity contribution in [2.45, 2.75) is 19.4 Å². The lowest BCUT2D eigenvalue weighted by Gasteiger charge is -2.24. The second-order valence-electron chi connectivity index (χ2n) is 5.79. The molecule has 24 heavy (non-hydrogen) atoms. The number of hydrogen-bond donors (Lipinski definition) is 2. The number of aromatic nitrogens is 2. The fraction of sp³-hybridized carbons (Fsp3) is 0.235. The number of nitrogens with one attached hydrogen (secondary N) is 1. The molecule has 2 aromatic heterocycles. The van der Waals surface area contributed by atoms with Crippen LogP contribution < -0.4 is 10.9 Å². The molecule has 0 saturated heterocycles. The Bertz CT molecular complexity index is 945. The lowest BCUT2D eigenvalue weighted by atomic mass is 9.96. The number of nitrogens with zero attached hydrogens (tertiary/aromatic N) is 2. The molecule has 0 aliphatic heterocycles. The predicted molar refractivity (Wildman–Crippen MR) is 92.4 cm³/mol. The predicted octanol–water partition coefficient (Wildman–Crippen LogP) is 1.70. The molecule has 0 aliphatic carbocycles. The van der Waals surface area contributed by atoms with Crippen molar-refractivity contribution in [3.8, 4) is 0 Å². The van der Waals surface area contributed by atoms with Gasteiger partial charge in [0.05, 0.1) is 6.54 Å². The fourth-order valence-corrected chi connectivity index (χ4v) is 3.18. The van der Waals surface area contributed by atoms with Crippen molar-refractivity contribution < 1.29 is 9.90 Å². The smallest absolute Gasteiger partial charge is 0.271 e. The van der Waals surface area contributed by atoms with Crippen LogP contribution in [0.3, 0.4) is 0 Å². The molecule has 0 saturated carbocycles. The normalized spacial score (nSPS) is 13.6. The van der Waals surface area contributed by atoms with Crippen LogP contribution in [0.5, 0.6) is 0 Å². The number of carbonyl (C=O) groups excluding carboxylic acids is 1. The molecular formula is C17H17N3O3S. The second kappa shape index (κ2) is 6.18. The van der Waals surface area contributed by atoms with Crippen LogP contribution in [-0.4, -0.2) is 26.9 Å². The van der Waals surface area contributed by atoms with Gasteiger partial charge in [-0.15, -0.1) is 11.3 Å². The molecule has 1 atom stereocenters. The zero-order valence-corrected chi connectivity index (χ0v) is 14.1. The molecule has 0 bridgehead atoms. The zero-order valence-electron chi connectivity index (χ0n) is 13.3. The van der Waals surface area contributed by atoms with Gasteiger partial charge in [-0.1, -0.05) is 30.3 Å². The van der Waals surface area contributed by atoms with Crippen LogP contribution in [-0.2, 0) is 5.60 Å². The summed E-state index contributed by atoms with van der Waals surface area (Å²) in [6, 6.07) is 9.04. The first-order chi connectivity index (χ1) is 11.4. The van der Waals surface area contributed by atoms with Gasteiger partial charge in [0, 0.05) is 17.3 Å². The lowest BCUT2D eigenvalue weighted by molar-refractivity contribution is 0.0526. The first-order valence-electron chi connectivity index (χ1n) is 7.42. The van der Waals surface area contributed by atoms with E-state index in [9.17, 15) is 14.7 Å². The van der Waals surface area contributed by atoms with Gasteiger partial charge >= 0.3 is 0 Å². The molecular weight excluding hydrogens is 326 g/mol.